The molecule has 1 unspecified atom stereocenters. The van der Waals surface area contributed by atoms with Gasteiger partial charge in [-0.2, -0.15) is 0 Å². The smallest absolute Gasteiger partial charge is 0.230 e. The van der Waals surface area contributed by atoms with Crippen molar-refractivity contribution in [2.24, 2.45) is 0 Å². The van der Waals surface area contributed by atoms with Crippen molar-refractivity contribution < 1.29 is 9.59 Å². The molecule has 0 bridgehead atoms. The molecule has 1 N–H and O–H groups in total. The number of anilines is 2. The number of benzene rings is 2. The Morgan fingerprint density at radius 1 is 1.14 bits per heavy atom. The van der Waals surface area contributed by atoms with E-state index in [9.17, 15) is 9.59 Å². The van der Waals surface area contributed by atoms with E-state index < -0.39 is 0 Å². The molecule has 1 saturated heterocycles. The maximum Gasteiger partial charge on any atom is 0.230 e. The van der Waals surface area contributed by atoms with E-state index in [4.69, 9.17) is 0 Å². The summed E-state index contributed by atoms with van der Waals surface area (Å²) in [5, 5.41) is 12.3. The third kappa shape index (κ3) is 4.28. The lowest BCUT2D eigenvalue weighted by molar-refractivity contribution is -0.117. The molecule has 6 nitrogen and oxygen atoms in total. The highest BCUT2D eigenvalue weighted by atomic mass is 79.9. The van der Waals surface area contributed by atoms with E-state index in [-0.39, 0.29) is 24.2 Å². The van der Waals surface area contributed by atoms with Gasteiger partial charge in [0.1, 0.15) is 5.01 Å². The number of aromatic nitrogens is 2. The van der Waals surface area contributed by atoms with Crippen LogP contribution in [0.1, 0.15) is 22.9 Å². The van der Waals surface area contributed by atoms with Gasteiger partial charge in [-0.25, -0.2) is 0 Å². The third-order valence-electron chi connectivity index (χ3n) is 4.51. The van der Waals surface area contributed by atoms with Gasteiger partial charge in [-0.1, -0.05) is 57.6 Å². The topological polar surface area (TPSA) is 75.2 Å². The number of rotatable bonds is 5. The molecule has 2 amide bonds. The van der Waals surface area contributed by atoms with Crippen LogP contribution in [0, 0.1) is 0 Å². The first-order valence-electron chi connectivity index (χ1n) is 8.81. The average molecular weight is 457 g/mol. The lowest BCUT2D eigenvalue weighted by Crippen LogP contribution is -2.24. The summed E-state index contributed by atoms with van der Waals surface area (Å²) in [6.07, 6.45) is 0.669. The van der Waals surface area contributed by atoms with Crippen molar-refractivity contribution in [3.8, 4) is 0 Å². The Kier molecular flexibility index (Phi) is 5.50. The SMILES string of the molecule is O=C(Cc1ccc(Br)cc1)Nc1nnc(C2CC(=O)N(c3ccccc3)C2)s1. The summed E-state index contributed by atoms with van der Waals surface area (Å²) in [7, 11) is 0. The van der Waals surface area contributed by atoms with Gasteiger partial charge in [0.2, 0.25) is 16.9 Å². The highest BCUT2D eigenvalue weighted by molar-refractivity contribution is 9.10. The molecular weight excluding hydrogens is 440 g/mol. The molecule has 28 heavy (non-hydrogen) atoms. The van der Waals surface area contributed by atoms with Crippen LogP contribution in [0.25, 0.3) is 0 Å². The maximum absolute atomic E-state index is 12.4. The summed E-state index contributed by atoms with van der Waals surface area (Å²) < 4.78 is 0.973. The minimum Gasteiger partial charge on any atom is -0.312 e. The summed E-state index contributed by atoms with van der Waals surface area (Å²) >= 11 is 4.71. The molecule has 0 aliphatic carbocycles. The average Bonchev–Trinajstić information content (AvgIpc) is 3.31. The number of nitrogens with zero attached hydrogens (tertiary/aromatic N) is 3. The number of carbonyl (C=O) groups is 2. The molecule has 0 radical (unpaired) electrons. The van der Waals surface area contributed by atoms with Crippen LogP contribution in [-0.4, -0.2) is 28.6 Å². The summed E-state index contributed by atoms with van der Waals surface area (Å²) in [6, 6.07) is 17.2. The predicted molar refractivity (Wildman–Crippen MR) is 113 cm³/mol. The maximum atomic E-state index is 12.4. The van der Waals surface area contributed by atoms with Gasteiger partial charge in [0, 0.05) is 29.0 Å². The molecule has 2 aromatic carbocycles. The summed E-state index contributed by atoms with van der Waals surface area (Å²) in [5.74, 6) is -0.0759. The minimum absolute atomic E-state index is 0.0117. The molecule has 0 saturated carbocycles. The van der Waals surface area contributed by atoms with Gasteiger partial charge >= 0.3 is 0 Å². The Bertz CT molecular complexity index is 991. The van der Waals surface area contributed by atoms with E-state index >= 15 is 0 Å². The van der Waals surface area contributed by atoms with Gasteiger partial charge in [-0.3, -0.25) is 9.59 Å². The van der Waals surface area contributed by atoms with E-state index in [0.29, 0.717) is 18.1 Å². The van der Waals surface area contributed by atoms with Crippen molar-refractivity contribution in [3.63, 3.8) is 0 Å². The van der Waals surface area contributed by atoms with Crippen molar-refractivity contribution in [2.75, 3.05) is 16.8 Å². The number of hydrogen-bond donors (Lipinski definition) is 1. The summed E-state index contributed by atoms with van der Waals surface area (Å²) in [6.45, 7) is 0.574. The highest BCUT2D eigenvalue weighted by Gasteiger charge is 2.33. The molecule has 8 heteroatoms. The normalized spacial score (nSPS) is 16.4. The standard InChI is InChI=1S/C20H17BrN4O2S/c21-15-8-6-13(7-9-15)10-17(26)22-20-24-23-19(28-20)14-11-18(27)25(12-14)16-4-2-1-3-5-16/h1-9,14H,10-12H2,(H,22,24,26). The highest BCUT2D eigenvalue weighted by Crippen LogP contribution is 2.34. The molecule has 1 fully saturated rings. The van der Waals surface area contributed by atoms with Crippen molar-refractivity contribution in [1.29, 1.82) is 0 Å². The number of carbonyl (C=O) groups excluding carboxylic acids is 2. The first kappa shape index (κ1) is 18.8. The zero-order chi connectivity index (χ0) is 19.5. The van der Waals surface area contributed by atoms with Crippen LogP contribution in [0.15, 0.2) is 59.1 Å². The van der Waals surface area contributed by atoms with Gasteiger partial charge in [0.15, 0.2) is 0 Å². The number of halogens is 1. The number of amides is 2. The third-order valence-corrected chi connectivity index (χ3v) is 6.04. The lowest BCUT2D eigenvalue weighted by Gasteiger charge is -2.15. The Balaban J connectivity index is 1.38. The van der Waals surface area contributed by atoms with Gasteiger partial charge in [-0.15, -0.1) is 10.2 Å². The molecule has 142 valence electrons. The molecule has 1 aromatic heterocycles. The van der Waals surface area contributed by atoms with E-state index in [0.717, 1.165) is 20.7 Å². The minimum atomic E-state index is -0.140. The second kappa shape index (κ2) is 8.20. The van der Waals surface area contributed by atoms with Crippen LogP contribution < -0.4 is 10.2 Å². The molecular formula is C20H17BrN4O2S. The van der Waals surface area contributed by atoms with Crippen molar-refractivity contribution in [1.82, 2.24) is 10.2 Å². The summed E-state index contributed by atoms with van der Waals surface area (Å²) in [5.41, 5.74) is 1.81. The van der Waals surface area contributed by atoms with Gasteiger partial charge in [-0.05, 0) is 29.8 Å². The van der Waals surface area contributed by atoms with Crippen LogP contribution in [0.4, 0.5) is 10.8 Å². The van der Waals surface area contributed by atoms with Crippen LogP contribution in [0.2, 0.25) is 0 Å². The number of hydrogen-bond acceptors (Lipinski definition) is 5. The first-order valence-corrected chi connectivity index (χ1v) is 10.4. The molecule has 0 spiro atoms. The van der Waals surface area contributed by atoms with Gasteiger partial charge in [0.25, 0.3) is 0 Å². The Morgan fingerprint density at radius 2 is 1.89 bits per heavy atom. The van der Waals surface area contributed by atoms with Crippen LogP contribution in [0.3, 0.4) is 0 Å². The van der Waals surface area contributed by atoms with Gasteiger partial charge < -0.3 is 10.2 Å². The van der Waals surface area contributed by atoms with Crippen LogP contribution in [-0.2, 0) is 16.0 Å². The molecule has 1 aliphatic heterocycles. The van der Waals surface area contributed by atoms with Crippen LogP contribution >= 0.6 is 27.3 Å². The molecule has 3 aromatic rings. The summed E-state index contributed by atoms with van der Waals surface area (Å²) in [4.78, 5) is 26.4. The second-order valence-corrected chi connectivity index (χ2v) is 8.46. The second-order valence-electron chi connectivity index (χ2n) is 6.54. The Labute approximate surface area is 174 Å². The van der Waals surface area contributed by atoms with Crippen molar-refractivity contribution in [2.45, 2.75) is 18.8 Å². The van der Waals surface area contributed by atoms with E-state index in [2.05, 4.69) is 31.4 Å². The van der Waals surface area contributed by atoms with E-state index in [1.54, 1.807) is 4.90 Å². The zero-order valence-electron chi connectivity index (χ0n) is 14.8. The fraction of sp³-hybridized carbons (Fsp3) is 0.200. The monoisotopic (exact) mass is 456 g/mol. The number of para-hydroxylation sites is 1. The quantitative estimate of drug-likeness (QED) is 0.629. The fourth-order valence-electron chi connectivity index (χ4n) is 3.13. The Morgan fingerprint density at radius 3 is 2.64 bits per heavy atom. The predicted octanol–water partition coefficient (Wildman–Crippen LogP) is 4.00. The largest absolute Gasteiger partial charge is 0.312 e. The van der Waals surface area contributed by atoms with Crippen molar-refractivity contribution >= 4 is 49.9 Å². The lowest BCUT2D eigenvalue weighted by atomic mass is 10.1. The van der Waals surface area contributed by atoms with Crippen LogP contribution in [0.5, 0.6) is 0 Å². The molecule has 1 atom stereocenters. The molecule has 2 heterocycles. The molecule has 4 rings (SSSR count). The molecule has 1 aliphatic rings. The van der Waals surface area contributed by atoms with Crippen molar-refractivity contribution in [3.05, 3.63) is 69.6 Å². The fourth-order valence-corrected chi connectivity index (χ4v) is 4.25. The van der Waals surface area contributed by atoms with Gasteiger partial charge in [0.05, 0.1) is 6.42 Å². The van der Waals surface area contributed by atoms with E-state index in [1.807, 2.05) is 54.6 Å². The Hall–Kier alpha value is -2.58. The first-order chi connectivity index (χ1) is 13.6. The zero-order valence-corrected chi connectivity index (χ0v) is 17.2. The number of nitrogens with one attached hydrogen (secondary N) is 1. The van der Waals surface area contributed by atoms with E-state index in [1.165, 1.54) is 11.3 Å².